The summed E-state index contributed by atoms with van der Waals surface area (Å²) in [5, 5.41) is 0. The fourth-order valence-corrected chi connectivity index (χ4v) is 3.45. The van der Waals surface area contributed by atoms with Gasteiger partial charge in [-0.05, 0) is 31.1 Å². The second-order valence-electron chi connectivity index (χ2n) is 4.62. The van der Waals surface area contributed by atoms with Gasteiger partial charge in [0.1, 0.15) is 0 Å². The summed E-state index contributed by atoms with van der Waals surface area (Å²) in [7, 11) is 0. The molecule has 12 heavy (non-hydrogen) atoms. The van der Waals surface area contributed by atoms with Gasteiger partial charge in [-0.3, -0.25) is 4.84 Å². The van der Waals surface area contributed by atoms with E-state index in [1.165, 1.54) is 32.1 Å². The van der Waals surface area contributed by atoms with Crippen LogP contribution in [0.15, 0.2) is 0 Å². The van der Waals surface area contributed by atoms with Crippen molar-refractivity contribution >= 4 is 0 Å². The molecule has 3 rings (SSSR count). The molecule has 0 radical (unpaired) electrons. The molecule has 2 saturated carbocycles. The highest BCUT2D eigenvalue weighted by atomic mass is 16.7. The normalized spacial score (nSPS) is 52.0. The second kappa shape index (κ2) is 2.71. The van der Waals surface area contributed by atoms with Crippen LogP contribution in [0, 0.1) is 17.8 Å². The van der Waals surface area contributed by atoms with Gasteiger partial charge in [0.05, 0.1) is 6.10 Å². The molecule has 0 amide bonds. The van der Waals surface area contributed by atoms with E-state index in [2.05, 4.69) is 5.48 Å². The molecule has 0 aromatic heterocycles. The Kier molecular flexibility index (Phi) is 1.66. The molecule has 4 unspecified atom stereocenters. The molecule has 3 aliphatic rings. The Morgan fingerprint density at radius 2 is 1.92 bits per heavy atom. The molecule has 1 saturated heterocycles. The average Bonchev–Trinajstić information content (AvgIpc) is 2.71. The lowest BCUT2D eigenvalue weighted by Crippen LogP contribution is -2.34. The first-order valence-electron chi connectivity index (χ1n) is 5.33. The Labute approximate surface area is 73.6 Å². The van der Waals surface area contributed by atoms with Gasteiger partial charge in [0.25, 0.3) is 0 Å². The minimum atomic E-state index is 0.575. The SMILES string of the molecule is C1CC2CCC3CNOC3C2C1. The summed E-state index contributed by atoms with van der Waals surface area (Å²) in [6, 6.07) is 0. The van der Waals surface area contributed by atoms with E-state index >= 15 is 0 Å². The van der Waals surface area contributed by atoms with Crippen molar-refractivity contribution in [1.29, 1.82) is 0 Å². The van der Waals surface area contributed by atoms with E-state index in [-0.39, 0.29) is 0 Å². The van der Waals surface area contributed by atoms with Crippen molar-refractivity contribution in [2.24, 2.45) is 17.8 Å². The highest BCUT2D eigenvalue weighted by molar-refractivity contribution is 4.93. The van der Waals surface area contributed by atoms with Crippen molar-refractivity contribution in [3.05, 3.63) is 0 Å². The van der Waals surface area contributed by atoms with E-state index < -0.39 is 0 Å². The molecule has 68 valence electrons. The zero-order valence-corrected chi connectivity index (χ0v) is 7.46. The van der Waals surface area contributed by atoms with Gasteiger partial charge in [-0.25, -0.2) is 5.48 Å². The summed E-state index contributed by atoms with van der Waals surface area (Å²) >= 11 is 0. The minimum absolute atomic E-state index is 0.575. The summed E-state index contributed by atoms with van der Waals surface area (Å²) in [6.45, 7) is 1.11. The van der Waals surface area contributed by atoms with Gasteiger partial charge in [-0.15, -0.1) is 0 Å². The molecule has 2 aliphatic carbocycles. The Bertz CT molecular complexity index is 163. The molecule has 0 aromatic rings. The maximum atomic E-state index is 5.62. The van der Waals surface area contributed by atoms with Gasteiger partial charge in [0.15, 0.2) is 0 Å². The Morgan fingerprint density at radius 1 is 1.00 bits per heavy atom. The number of hydrogen-bond acceptors (Lipinski definition) is 2. The Morgan fingerprint density at radius 3 is 2.92 bits per heavy atom. The fraction of sp³-hybridized carbons (Fsp3) is 1.00. The first kappa shape index (κ1) is 7.34. The highest BCUT2D eigenvalue weighted by Gasteiger charge is 2.44. The zero-order chi connectivity index (χ0) is 7.97. The van der Waals surface area contributed by atoms with E-state index in [1.807, 2.05) is 0 Å². The lowest BCUT2D eigenvalue weighted by molar-refractivity contribution is -0.0393. The van der Waals surface area contributed by atoms with Crippen molar-refractivity contribution in [3.63, 3.8) is 0 Å². The molecule has 2 nitrogen and oxygen atoms in total. The minimum Gasteiger partial charge on any atom is -0.298 e. The molecule has 1 N–H and O–H groups in total. The molecule has 4 atom stereocenters. The molecule has 0 aromatic carbocycles. The number of rotatable bonds is 0. The number of nitrogens with one attached hydrogen (secondary N) is 1. The van der Waals surface area contributed by atoms with E-state index in [9.17, 15) is 0 Å². The maximum Gasteiger partial charge on any atom is 0.0862 e. The van der Waals surface area contributed by atoms with Crippen LogP contribution in [0.25, 0.3) is 0 Å². The van der Waals surface area contributed by atoms with Crippen LogP contribution < -0.4 is 5.48 Å². The predicted octanol–water partition coefficient (Wildman–Crippen LogP) is 1.72. The second-order valence-corrected chi connectivity index (χ2v) is 4.62. The van der Waals surface area contributed by atoms with Crippen LogP contribution in [0.5, 0.6) is 0 Å². The van der Waals surface area contributed by atoms with E-state index in [0.29, 0.717) is 6.10 Å². The van der Waals surface area contributed by atoms with Crippen molar-refractivity contribution in [3.8, 4) is 0 Å². The van der Waals surface area contributed by atoms with Crippen LogP contribution in [0.2, 0.25) is 0 Å². The zero-order valence-electron chi connectivity index (χ0n) is 7.46. The molecule has 2 heteroatoms. The number of fused-ring (bicyclic) bond motifs is 3. The van der Waals surface area contributed by atoms with Crippen molar-refractivity contribution < 1.29 is 4.84 Å². The lowest BCUT2D eigenvalue weighted by atomic mass is 9.74. The third-order valence-corrected chi connectivity index (χ3v) is 4.08. The van der Waals surface area contributed by atoms with Crippen molar-refractivity contribution in [1.82, 2.24) is 5.48 Å². The quantitative estimate of drug-likeness (QED) is 0.593. The first-order valence-corrected chi connectivity index (χ1v) is 5.33. The van der Waals surface area contributed by atoms with Gasteiger partial charge in [0.2, 0.25) is 0 Å². The molecule has 1 aliphatic heterocycles. The third kappa shape index (κ3) is 0.944. The van der Waals surface area contributed by atoms with Gasteiger partial charge in [-0.1, -0.05) is 12.8 Å². The highest BCUT2D eigenvalue weighted by Crippen LogP contribution is 2.46. The predicted molar refractivity (Wildman–Crippen MR) is 46.4 cm³/mol. The topological polar surface area (TPSA) is 21.3 Å². The summed E-state index contributed by atoms with van der Waals surface area (Å²) in [5.41, 5.74) is 3.08. The van der Waals surface area contributed by atoms with Gasteiger partial charge in [0, 0.05) is 12.5 Å². The monoisotopic (exact) mass is 167 g/mol. The van der Waals surface area contributed by atoms with Crippen LogP contribution in [-0.2, 0) is 4.84 Å². The molecular weight excluding hydrogens is 150 g/mol. The Hall–Kier alpha value is -0.0800. The van der Waals surface area contributed by atoms with Crippen molar-refractivity contribution in [2.75, 3.05) is 6.54 Å². The molecule has 1 heterocycles. The van der Waals surface area contributed by atoms with Gasteiger partial charge >= 0.3 is 0 Å². The summed E-state index contributed by atoms with van der Waals surface area (Å²) < 4.78 is 0. The van der Waals surface area contributed by atoms with Crippen LogP contribution >= 0.6 is 0 Å². The number of hydroxylamine groups is 1. The molecular formula is C10H17NO. The molecule has 0 bridgehead atoms. The third-order valence-electron chi connectivity index (χ3n) is 4.08. The first-order chi connectivity index (χ1) is 5.95. The standard InChI is InChI=1S/C10H17NO/c1-2-7-4-5-8-6-11-12-10(8)9(7)3-1/h7-11H,1-6H2. The van der Waals surface area contributed by atoms with Crippen LogP contribution in [0.3, 0.4) is 0 Å². The molecule has 0 spiro atoms. The number of hydrogen-bond donors (Lipinski definition) is 1. The smallest absolute Gasteiger partial charge is 0.0862 e. The summed E-state index contributed by atoms with van der Waals surface area (Å²) in [6.07, 6.45) is 7.79. The summed E-state index contributed by atoms with van der Waals surface area (Å²) in [5.74, 6) is 2.74. The Balaban J connectivity index is 1.81. The average molecular weight is 167 g/mol. The van der Waals surface area contributed by atoms with Crippen LogP contribution in [0.1, 0.15) is 32.1 Å². The fourth-order valence-electron chi connectivity index (χ4n) is 3.45. The maximum absolute atomic E-state index is 5.62. The summed E-state index contributed by atoms with van der Waals surface area (Å²) in [4.78, 5) is 5.62. The lowest BCUT2D eigenvalue weighted by Gasteiger charge is -2.33. The van der Waals surface area contributed by atoms with Crippen molar-refractivity contribution in [2.45, 2.75) is 38.2 Å². The van der Waals surface area contributed by atoms with E-state index in [1.54, 1.807) is 0 Å². The van der Waals surface area contributed by atoms with Gasteiger partial charge < -0.3 is 0 Å². The van der Waals surface area contributed by atoms with E-state index in [4.69, 9.17) is 4.84 Å². The largest absolute Gasteiger partial charge is 0.298 e. The van der Waals surface area contributed by atoms with Crippen LogP contribution in [0.4, 0.5) is 0 Å². The van der Waals surface area contributed by atoms with Crippen LogP contribution in [-0.4, -0.2) is 12.6 Å². The van der Waals surface area contributed by atoms with E-state index in [0.717, 1.165) is 24.3 Å². The van der Waals surface area contributed by atoms with Gasteiger partial charge in [-0.2, -0.15) is 0 Å². The molecule has 3 fully saturated rings.